The summed E-state index contributed by atoms with van der Waals surface area (Å²) in [6, 6.07) is 7.42. The monoisotopic (exact) mass is 687 g/mol. The van der Waals surface area contributed by atoms with Crippen molar-refractivity contribution in [3.05, 3.63) is 76.5 Å². The van der Waals surface area contributed by atoms with Crippen LogP contribution >= 0.6 is 0 Å². The first-order chi connectivity index (χ1) is 23.4. The molecule has 2 fully saturated rings. The molecular weight excluding hydrogens is 646 g/mol. The molecule has 0 atom stereocenters. The van der Waals surface area contributed by atoms with Crippen LogP contribution in [0.15, 0.2) is 42.6 Å². The van der Waals surface area contributed by atoms with E-state index in [0.29, 0.717) is 30.4 Å². The molecule has 1 aromatic carbocycles. The summed E-state index contributed by atoms with van der Waals surface area (Å²) in [5, 5.41) is 0. The Morgan fingerprint density at radius 3 is 2.29 bits per heavy atom. The van der Waals surface area contributed by atoms with Crippen LogP contribution in [-0.4, -0.2) is 62.4 Å². The topological polar surface area (TPSA) is 100 Å². The molecular formula is C36H41F4N3O6. The van der Waals surface area contributed by atoms with Gasteiger partial charge in [-0.25, -0.2) is 14.2 Å². The number of hydrogen-bond donors (Lipinski definition) is 0. The highest BCUT2D eigenvalue weighted by atomic mass is 19.4. The Morgan fingerprint density at radius 2 is 1.67 bits per heavy atom. The van der Waals surface area contributed by atoms with Crippen molar-refractivity contribution in [1.29, 1.82) is 0 Å². The van der Waals surface area contributed by atoms with Crippen molar-refractivity contribution in [1.82, 2.24) is 9.97 Å². The fraction of sp³-hybridized carbons (Fsp3) is 0.500. The van der Waals surface area contributed by atoms with Gasteiger partial charge in [-0.3, -0.25) is 9.78 Å². The molecule has 0 radical (unpaired) electrons. The van der Waals surface area contributed by atoms with Crippen LogP contribution in [0.1, 0.15) is 84.2 Å². The van der Waals surface area contributed by atoms with E-state index in [9.17, 15) is 22.8 Å². The van der Waals surface area contributed by atoms with Gasteiger partial charge in [0, 0.05) is 62.2 Å². The lowest BCUT2D eigenvalue weighted by atomic mass is 9.82. The first kappa shape index (κ1) is 36.2. The number of methoxy groups -OCH3 is 3. The van der Waals surface area contributed by atoms with Gasteiger partial charge in [0.05, 0.1) is 37.6 Å². The van der Waals surface area contributed by atoms with Crippen molar-refractivity contribution >= 4 is 17.6 Å². The number of esters is 1. The smallest absolute Gasteiger partial charge is 0.421 e. The number of alkyl halides is 3. The molecule has 0 bridgehead atoms. The summed E-state index contributed by atoms with van der Waals surface area (Å²) in [4.78, 5) is 37.0. The summed E-state index contributed by atoms with van der Waals surface area (Å²) in [6.45, 7) is 2.10. The quantitative estimate of drug-likeness (QED) is 0.135. The molecule has 5 rings (SSSR count). The first-order valence-electron chi connectivity index (χ1n) is 16.4. The van der Waals surface area contributed by atoms with Gasteiger partial charge in [0.15, 0.2) is 11.6 Å². The maximum Gasteiger partial charge on any atom is 0.421 e. The largest absolute Gasteiger partial charge is 0.465 e. The standard InChI is InChI=1S/C36H41F4N3O6/c1-21-8-10-24(11-9-21)34(44)43(26(19-46-2)20-47-3)31-17-29(37)32(16-27(31)35(45)48-4)49-33-28(36(38,39)40)15-22(18-41-33)14-25-6-5-7-30(42-25)23-12-13-23/h5-7,15-18,21,23-24,26H,8-14,19-20H2,1-4H3. The van der Waals surface area contributed by atoms with Crippen molar-refractivity contribution in [2.75, 3.05) is 39.4 Å². The molecule has 2 aliphatic rings. The molecule has 0 unspecified atom stereocenters. The predicted molar refractivity (Wildman–Crippen MR) is 172 cm³/mol. The van der Waals surface area contributed by atoms with E-state index in [0.717, 1.165) is 56.7 Å². The van der Waals surface area contributed by atoms with Crippen LogP contribution in [0.3, 0.4) is 0 Å². The fourth-order valence-electron chi connectivity index (χ4n) is 6.27. The summed E-state index contributed by atoms with van der Waals surface area (Å²) in [6.07, 6.45) is 1.33. The third-order valence-electron chi connectivity index (χ3n) is 9.03. The maximum absolute atomic E-state index is 15.9. The van der Waals surface area contributed by atoms with Gasteiger partial charge >= 0.3 is 12.1 Å². The lowest BCUT2D eigenvalue weighted by Crippen LogP contribution is -2.49. The number of benzene rings is 1. The zero-order valence-electron chi connectivity index (χ0n) is 28.0. The Kier molecular flexibility index (Phi) is 11.5. The second-order valence-electron chi connectivity index (χ2n) is 12.8. The minimum absolute atomic E-state index is 0.00517. The van der Waals surface area contributed by atoms with Crippen LogP contribution < -0.4 is 9.64 Å². The Balaban J connectivity index is 1.52. The van der Waals surface area contributed by atoms with Crippen molar-refractivity contribution in [3.63, 3.8) is 0 Å². The summed E-state index contributed by atoms with van der Waals surface area (Å²) in [5.74, 6) is -3.61. The van der Waals surface area contributed by atoms with Gasteiger partial charge in [0.1, 0.15) is 5.56 Å². The van der Waals surface area contributed by atoms with Crippen molar-refractivity contribution < 1.29 is 46.1 Å². The van der Waals surface area contributed by atoms with E-state index in [1.54, 1.807) is 6.07 Å². The highest BCUT2D eigenvalue weighted by Crippen LogP contribution is 2.41. The molecule has 0 N–H and O–H groups in total. The lowest BCUT2D eigenvalue weighted by molar-refractivity contribution is -0.139. The van der Waals surface area contributed by atoms with Gasteiger partial charge < -0.3 is 23.8 Å². The normalized spacial score (nSPS) is 18.0. The van der Waals surface area contributed by atoms with E-state index < -0.39 is 47.1 Å². The minimum atomic E-state index is -4.91. The summed E-state index contributed by atoms with van der Waals surface area (Å²) < 4.78 is 80.1. The molecule has 9 nitrogen and oxygen atoms in total. The fourth-order valence-corrected chi connectivity index (χ4v) is 6.27. The van der Waals surface area contributed by atoms with E-state index >= 15 is 4.39 Å². The molecule has 0 spiro atoms. The van der Waals surface area contributed by atoms with Gasteiger partial charge in [-0.1, -0.05) is 13.0 Å². The van der Waals surface area contributed by atoms with Crippen LogP contribution in [0.5, 0.6) is 11.6 Å². The second kappa shape index (κ2) is 15.6. The molecule has 2 aliphatic carbocycles. The van der Waals surface area contributed by atoms with Crippen molar-refractivity contribution in [3.8, 4) is 11.6 Å². The summed E-state index contributed by atoms with van der Waals surface area (Å²) in [7, 11) is 3.97. The number of hydrogen-bond acceptors (Lipinski definition) is 8. The highest BCUT2D eigenvalue weighted by Gasteiger charge is 2.38. The first-order valence-corrected chi connectivity index (χ1v) is 16.4. The van der Waals surface area contributed by atoms with Crippen molar-refractivity contribution in [2.45, 2.75) is 70.0 Å². The van der Waals surface area contributed by atoms with Crippen LogP contribution in [0, 0.1) is 17.7 Å². The number of rotatable bonds is 13. The summed E-state index contributed by atoms with van der Waals surface area (Å²) >= 11 is 0. The Hall–Kier alpha value is -4.10. The molecule has 3 aromatic rings. The molecule has 49 heavy (non-hydrogen) atoms. The Labute approximate surface area is 282 Å². The number of nitrogens with zero attached hydrogens (tertiary/aromatic N) is 3. The second-order valence-corrected chi connectivity index (χ2v) is 12.8. The summed E-state index contributed by atoms with van der Waals surface area (Å²) in [5.41, 5.74) is 0.0838. The zero-order valence-corrected chi connectivity index (χ0v) is 28.0. The number of carbonyl (C=O) groups excluding carboxylic acids is 2. The van der Waals surface area contributed by atoms with Crippen LogP contribution in [0.4, 0.5) is 23.2 Å². The number of aromatic nitrogens is 2. The third kappa shape index (κ3) is 8.74. The minimum Gasteiger partial charge on any atom is -0.465 e. The molecule has 0 aliphatic heterocycles. The van der Waals surface area contributed by atoms with Gasteiger partial charge in [-0.2, -0.15) is 13.2 Å². The van der Waals surface area contributed by atoms with Gasteiger partial charge in [-0.05, 0) is 68.2 Å². The number of carbonyl (C=O) groups is 2. The molecule has 2 aromatic heterocycles. The van der Waals surface area contributed by atoms with E-state index in [4.69, 9.17) is 18.9 Å². The number of amides is 1. The maximum atomic E-state index is 15.9. The molecule has 2 heterocycles. The van der Waals surface area contributed by atoms with Crippen LogP contribution in [-0.2, 0) is 31.6 Å². The average Bonchev–Trinajstić information content (AvgIpc) is 3.92. The Morgan fingerprint density at radius 1 is 0.980 bits per heavy atom. The van der Waals surface area contributed by atoms with Crippen LogP contribution in [0.25, 0.3) is 0 Å². The van der Waals surface area contributed by atoms with E-state index in [1.807, 2.05) is 12.1 Å². The molecule has 264 valence electrons. The van der Waals surface area contributed by atoms with E-state index in [2.05, 4.69) is 16.9 Å². The lowest BCUT2D eigenvalue weighted by Gasteiger charge is -2.36. The molecule has 13 heteroatoms. The number of ether oxygens (including phenoxy) is 4. The van der Waals surface area contributed by atoms with Gasteiger partial charge in [0.25, 0.3) is 0 Å². The average molecular weight is 688 g/mol. The number of pyridine rings is 2. The Bertz CT molecular complexity index is 1630. The number of halogens is 4. The van der Waals surface area contributed by atoms with Gasteiger partial charge in [0.2, 0.25) is 11.8 Å². The molecule has 1 amide bonds. The zero-order chi connectivity index (χ0) is 35.3. The predicted octanol–water partition coefficient (Wildman–Crippen LogP) is 7.50. The van der Waals surface area contributed by atoms with Crippen LogP contribution in [0.2, 0.25) is 0 Å². The van der Waals surface area contributed by atoms with Crippen molar-refractivity contribution in [2.24, 2.45) is 11.8 Å². The third-order valence-corrected chi connectivity index (χ3v) is 9.03. The SMILES string of the molecule is COCC(COC)N(C(=O)C1CCC(C)CC1)c1cc(F)c(Oc2ncc(Cc3cccc(C4CC4)n3)cc2C(F)(F)F)cc1C(=O)OC. The molecule has 2 saturated carbocycles. The van der Waals surface area contributed by atoms with E-state index in [1.165, 1.54) is 25.3 Å². The van der Waals surface area contributed by atoms with Gasteiger partial charge in [-0.15, -0.1) is 0 Å². The van der Waals surface area contributed by atoms with E-state index in [-0.39, 0.29) is 42.4 Å². The number of anilines is 1. The highest BCUT2D eigenvalue weighted by molar-refractivity contribution is 6.04. The molecule has 0 saturated heterocycles.